The Hall–Kier alpha value is -4.11. The van der Waals surface area contributed by atoms with Crippen LogP contribution < -0.4 is 15.5 Å². The molecule has 4 rings (SSSR count). The van der Waals surface area contributed by atoms with E-state index in [0.29, 0.717) is 12.3 Å². The highest BCUT2D eigenvalue weighted by molar-refractivity contribution is 6.32. The topological polar surface area (TPSA) is 120 Å². The number of phenolic OH excluding ortho intramolecular Hbond substituents is 1. The molecule has 0 radical (unpaired) electrons. The summed E-state index contributed by atoms with van der Waals surface area (Å²) in [7, 11) is 0. The number of hydrogen-bond acceptors (Lipinski definition) is 6. The van der Waals surface area contributed by atoms with Gasteiger partial charge < -0.3 is 20.1 Å². The molecule has 1 fully saturated rings. The van der Waals surface area contributed by atoms with E-state index >= 15 is 0 Å². The van der Waals surface area contributed by atoms with Crippen LogP contribution in [0.15, 0.2) is 59.7 Å². The Labute approximate surface area is 206 Å². The Kier molecular flexibility index (Phi) is 7.17. The molecule has 3 aromatic carbocycles. The summed E-state index contributed by atoms with van der Waals surface area (Å²) in [6.45, 7) is 2.11. The summed E-state index contributed by atoms with van der Waals surface area (Å²) in [6, 6.07) is 15.0. The first-order chi connectivity index (χ1) is 16.8. The van der Waals surface area contributed by atoms with E-state index in [1.807, 2.05) is 31.2 Å². The van der Waals surface area contributed by atoms with Gasteiger partial charge in [-0.15, -0.1) is 0 Å². The molecule has 3 N–H and O–H groups in total. The highest BCUT2D eigenvalue weighted by atomic mass is 35.5. The Morgan fingerprint density at radius 2 is 2.00 bits per heavy atom. The van der Waals surface area contributed by atoms with Crippen LogP contribution in [-0.2, 0) is 9.59 Å². The molecule has 0 aliphatic carbocycles. The summed E-state index contributed by atoms with van der Waals surface area (Å²) < 4.78 is 5.82. The van der Waals surface area contributed by atoms with Gasteiger partial charge >= 0.3 is 0 Å². The molecular weight excluding hydrogens is 472 g/mol. The third kappa shape index (κ3) is 5.52. The molecule has 1 unspecified atom stereocenters. The highest BCUT2D eigenvalue weighted by Gasteiger charge is 2.27. The van der Waals surface area contributed by atoms with Crippen molar-refractivity contribution in [3.05, 3.63) is 70.7 Å². The van der Waals surface area contributed by atoms with Crippen LogP contribution in [0.5, 0.6) is 11.5 Å². The number of hydrazone groups is 1. The van der Waals surface area contributed by atoms with Crippen molar-refractivity contribution in [1.82, 2.24) is 15.6 Å². The summed E-state index contributed by atoms with van der Waals surface area (Å²) in [6.07, 6.45) is 1.51. The maximum Gasteiger partial charge on any atom is 0.271 e. The maximum atomic E-state index is 12.6. The summed E-state index contributed by atoms with van der Waals surface area (Å²) in [5, 5.41) is 17.9. The number of rotatable bonds is 6. The van der Waals surface area contributed by atoms with Crippen molar-refractivity contribution < 1.29 is 24.2 Å². The van der Waals surface area contributed by atoms with E-state index in [1.54, 1.807) is 12.1 Å². The van der Waals surface area contributed by atoms with Crippen molar-refractivity contribution in [2.24, 2.45) is 5.10 Å². The van der Waals surface area contributed by atoms with Gasteiger partial charge in [-0.1, -0.05) is 35.9 Å². The van der Waals surface area contributed by atoms with Gasteiger partial charge in [-0.2, -0.15) is 5.10 Å². The maximum absolute atomic E-state index is 12.6. The van der Waals surface area contributed by atoms with Gasteiger partial charge in [0.25, 0.3) is 11.8 Å². The van der Waals surface area contributed by atoms with Crippen molar-refractivity contribution in [3.63, 3.8) is 0 Å². The lowest BCUT2D eigenvalue weighted by atomic mass is 10.0. The van der Waals surface area contributed by atoms with Crippen LogP contribution >= 0.6 is 11.6 Å². The molecule has 3 aromatic rings. The van der Waals surface area contributed by atoms with Crippen molar-refractivity contribution in [2.75, 3.05) is 19.7 Å². The Bertz CT molecular complexity index is 1330. The van der Waals surface area contributed by atoms with E-state index in [-0.39, 0.29) is 47.3 Å². The molecule has 35 heavy (non-hydrogen) atoms. The minimum Gasteiger partial charge on any atom is -0.506 e. The number of hydrogen-bond donors (Lipinski definition) is 3. The van der Waals surface area contributed by atoms with Crippen LogP contribution in [0.3, 0.4) is 0 Å². The summed E-state index contributed by atoms with van der Waals surface area (Å²) in [5.41, 5.74) is 3.41. The average molecular weight is 495 g/mol. The van der Waals surface area contributed by atoms with Gasteiger partial charge in [0, 0.05) is 29.1 Å². The number of fused-ring (bicyclic) bond motifs is 1. The van der Waals surface area contributed by atoms with E-state index in [4.69, 9.17) is 16.3 Å². The van der Waals surface area contributed by atoms with Gasteiger partial charge in [0.05, 0.1) is 17.8 Å². The molecule has 1 heterocycles. The fourth-order valence-electron chi connectivity index (χ4n) is 3.70. The Balaban J connectivity index is 1.46. The normalized spacial score (nSPS) is 15.8. The fourth-order valence-corrected chi connectivity index (χ4v) is 3.88. The highest BCUT2D eigenvalue weighted by Crippen LogP contribution is 2.28. The number of nitrogens with zero attached hydrogens (tertiary/aromatic N) is 2. The van der Waals surface area contributed by atoms with E-state index in [2.05, 4.69) is 15.8 Å². The lowest BCUT2D eigenvalue weighted by Gasteiger charge is -2.33. The molecule has 0 saturated carbocycles. The van der Waals surface area contributed by atoms with Crippen molar-refractivity contribution in [1.29, 1.82) is 0 Å². The number of aromatic hydroxyl groups is 1. The minimum atomic E-state index is -0.480. The second kappa shape index (κ2) is 10.4. The number of amides is 3. The molecule has 9 nitrogen and oxygen atoms in total. The zero-order chi connectivity index (χ0) is 24.9. The van der Waals surface area contributed by atoms with Gasteiger partial charge in [0.2, 0.25) is 5.91 Å². The SMILES string of the molecule is CC1CNC(=O)CN1C(=O)COc1ccc(/C=N/NC(=O)c2ccc(O)c(Cl)c2)c2ccccc12. The zero-order valence-corrected chi connectivity index (χ0v) is 19.6. The molecule has 1 aliphatic rings. The van der Waals surface area contributed by atoms with Crippen LogP contribution in [0.4, 0.5) is 0 Å². The Morgan fingerprint density at radius 3 is 2.77 bits per heavy atom. The third-order valence-corrected chi connectivity index (χ3v) is 5.91. The number of piperazine rings is 1. The van der Waals surface area contributed by atoms with Crippen LogP contribution in [0, 0.1) is 0 Å². The third-order valence-electron chi connectivity index (χ3n) is 5.61. The van der Waals surface area contributed by atoms with Gasteiger partial charge in [0.1, 0.15) is 11.5 Å². The molecular formula is C25H23ClN4O5. The van der Waals surface area contributed by atoms with Crippen LogP contribution in [0.1, 0.15) is 22.8 Å². The van der Waals surface area contributed by atoms with E-state index in [1.165, 1.54) is 29.3 Å². The molecule has 3 amide bonds. The van der Waals surface area contributed by atoms with Crippen molar-refractivity contribution in [2.45, 2.75) is 13.0 Å². The number of carbonyl (C=O) groups is 3. The lowest BCUT2D eigenvalue weighted by Crippen LogP contribution is -2.56. The number of carbonyl (C=O) groups excluding carboxylic acids is 3. The van der Waals surface area contributed by atoms with E-state index < -0.39 is 5.91 Å². The first-order valence-electron chi connectivity index (χ1n) is 10.9. The van der Waals surface area contributed by atoms with E-state index in [9.17, 15) is 19.5 Å². The minimum absolute atomic E-state index is 0.0155. The van der Waals surface area contributed by atoms with Crippen molar-refractivity contribution >= 4 is 46.3 Å². The monoisotopic (exact) mass is 494 g/mol. The van der Waals surface area contributed by atoms with Crippen LogP contribution in [0.2, 0.25) is 5.02 Å². The van der Waals surface area contributed by atoms with Gasteiger partial charge in [0.15, 0.2) is 6.61 Å². The first kappa shape index (κ1) is 24.0. The Morgan fingerprint density at radius 1 is 1.23 bits per heavy atom. The number of nitrogens with one attached hydrogen (secondary N) is 2. The largest absolute Gasteiger partial charge is 0.506 e. The number of phenols is 1. The standard InChI is InChI=1S/C25H23ClN4O5/c1-15-11-27-23(32)13-30(15)24(33)14-35-22-9-7-17(18-4-2-3-5-19(18)22)12-28-29-25(34)16-6-8-21(31)20(26)10-16/h2-10,12,15,31H,11,13-14H2,1H3,(H,27,32)(H,29,34)/b28-12+. The summed E-state index contributed by atoms with van der Waals surface area (Å²) in [5.74, 6) is -0.530. The van der Waals surface area contributed by atoms with Crippen LogP contribution in [0.25, 0.3) is 10.8 Å². The molecule has 0 bridgehead atoms. The predicted molar refractivity (Wildman–Crippen MR) is 132 cm³/mol. The van der Waals surface area contributed by atoms with Gasteiger partial charge in [-0.3, -0.25) is 14.4 Å². The van der Waals surface area contributed by atoms with Crippen LogP contribution in [-0.4, -0.2) is 59.7 Å². The summed E-state index contributed by atoms with van der Waals surface area (Å²) in [4.78, 5) is 38.1. The molecule has 1 aliphatic heterocycles. The second-order valence-electron chi connectivity index (χ2n) is 8.03. The second-order valence-corrected chi connectivity index (χ2v) is 8.43. The molecule has 10 heteroatoms. The number of benzene rings is 3. The molecule has 0 spiro atoms. The molecule has 0 aromatic heterocycles. The quantitative estimate of drug-likeness (QED) is 0.359. The fraction of sp³-hybridized carbons (Fsp3) is 0.200. The van der Waals surface area contributed by atoms with Crippen molar-refractivity contribution in [3.8, 4) is 11.5 Å². The number of halogens is 1. The molecule has 180 valence electrons. The first-order valence-corrected chi connectivity index (χ1v) is 11.2. The molecule has 1 atom stereocenters. The lowest BCUT2D eigenvalue weighted by molar-refractivity contribution is -0.142. The van der Waals surface area contributed by atoms with Gasteiger partial charge in [-0.25, -0.2) is 5.43 Å². The predicted octanol–water partition coefficient (Wildman–Crippen LogP) is 2.69. The average Bonchev–Trinajstić information content (AvgIpc) is 2.86. The smallest absolute Gasteiger partial charge is 0.271 e. The zero-order valence-electron chi connectivity index (χ0n) is 18.8. The van der Waals surface area contributed by atoms with E-state index in [0.717, 1.165) is 16.3 Å². The molecule has 1 saturated heterocycles. The number of ether oxygens (including phenoxy) is 1. The summed E-state index contributed by atoms with van der Waals surface area (Å²) >= 11 is 5.85. The van der Waals surface area contributed by atoms with Gasteiger partial charge in [-0.05, 0) is 42.6 Å².